The Morgan fingerprint density at radius 3 is 2.79 bits per heavy atom. The van der Waals surface area contributed by atoms with Crippen LogP contribution in [0.25, 0.3) is 11.0 Å². The molecular formula is C19H16O4S. The van der Waals surface area contributed by atoms with E-state index in [-0.39, 0.29) is 11.6 Å². The number of ether oxygens (including phenoxy) is 1. The molecule has 0 radical (unpaired) electrons. The van der Waals surface area contributed by atoms with Crippen LogP contribution in [0.15, 0.2) is 62.6 Å². The van der Waals surface area contributed by atoms with E-state index in [1.165, 1.54) is 13.2 Å². The SMILES string of the molecule is COC(=O)c1cccc(CSc2ccc3c(C)cc(=O)oc3c2)c1. The van der Waals surface area contributed by atoms with Crippen molar-refractivity contribution < 1.29 is 13.9 Å². The van der Waals surface area contributed by atoms with Crippen molar-refractivity contribution >= 4 is 28.7 Å². The van der Waals surface area contributed by atoms with Crippen molar-refractivity contribution in [3.8, 4) is 0 Å². The Labute approximate surface area is 143 Å². The topological polar surface area (TPSA) is 56.5 Å². The third-order valence-corrected chi connectivity index (χ3v) is 4.74. The zero-order valence-electron chi connectivity index (χ0n) is 13.4. The Balaban J connectivity index is 1.81. The molecule has 0 saturated heterocycles. The predicted octanol–water partition coefficient (Wildman–Crippen LogP) is 4.18. The zero-order chi connectivity index (χ0) is 17.1. The van der Waals surface area contributed by atoms with Crippen molar-refractivity contribution in [2.24, 2.45) is 0 Å². The van der Waals surface area contributed by atoms with Gasteiger partial charge in [-0.1, -0.05) is 12.1 Å². The lowest BCUT2D eigenvalue weighted by molar-refractivity contribution is 0.0600. The molecule has 0 spiro atoms. The summed E-state index contributed by atoms with van der Waals surface area (Å²) < 4.78 is 10.0. The minimum atomic E-state index is -0.343. The summed E-state index contributed by atoms with van der Waals surface area (Å²) in [6.45, 7) is 1.89. The van der Waals surface area contributed by atoms with Gasteiger partial charge in [0, 0.05) is 22.1 Å². The van der Waals surface area contributed by atoms with E-state index in [4.69, 9.17) is 9.15 Å². The molecule has 122 valence electrons. The first-order chi connectivity index (χ1) is 11.6. The fourth-order valence-corrected chi connectivity index (χ4v) is 3.34. The van der Waals surface area contributed by atoms with E-state index in [1.54, 1.807) is 17.8 Å². The molecule has 2 aromatic carbocycles. The number of hydrogen-bond acceptors (Lipinski definition) is 5. The van der Waals surface area contributed by atoms with Crippen LogP contribution in [0.1, 0.15) is 21.5 Å². The van der Waals surface area contributed by atoms with Gasteiger partial charge in [-0.05, 0) is 48.4 Å². The van der Waals surface area contributed by atoms with Gasteiger partial charge in [-0.25, -0.2) is 9.59 Å². The van der Waals surface area contributed by atoms with Crippen molar-refractivity contribution in [2.45, 2.75) is 17.6 Å². The van der Waals surface area contributed by atoms with Gasteiger partial charge in [0.1, 0.15) is 5.58 Å². The van der Waals surface area contributed by atoms with E-state index in [2.05, 4.69) is 0 Å². The van der Waals surface area contributed by atoms with Crippen molar-refractivity contribution in [3.63, 3.8) is 0 Å². The number of hydrogen-bond donors (Lipinski definition) is 0. The lowest BCUT2D eigenvalue weighted by atomic mass is 10.1. The normalized spacial score (nSPS) is 10.8. The molecule has 0 unspecified atom stereocenters. The molecule has 0 aliphatic rings. The zero-order valence-corrected chi connectivity index (χ0v) is 14.2. The second-order valence-electron chi connectivity index (χ2n) is 5.39. The van der Waals surface area contributed by atoms with Gasteiger partial charge in [0.2, 0.25) is 0 Å². The van der Waals surface area contributed by atoms with Crippen molar-refractivity contribution in [1.82, 2.24) is 0 Å². The number of methoxy groups -OCH3 is 1. The smallest absolute Gasteiger partial charge is 0.337 e. The Hall–Kier alpha value is -2.53. The third kappa shape index (κ3) is 3.51. The monoisotopic (exact) mass is 340 g/mol. The van der Waals surface area contributed by atoms with E-state index >= 15 is 0 Å². The molecule has 3 rings (SSSR count). The number of carbonyl (C=O) groups is 1. The summed E-state index contributed by atoms with van der Waals surface area (Å²) >= 11 is 1.61. The molecule has 0 N–H and O–H groups in total. The van der Waals surface area contributed by atoms with Gasteiger partial charge in [0.25, 0.3) is 0 Å². The Bertz CT molecular complexity index is 959. The van der Waals surface area contributed by atoms with E-state index in [9.17, 15) is 9.59 Å². The molecule has 1 heterocycles. The number of benzene rings is 2. The van der Waals surface area contributed by atoms with Crippen LogP contribution in [-0.4, -0.2) is 13.1 Å². The van der Waals surface area contributed by atoms with Crippen molar-refractivity contribution in [3.05, 3.63) is 75.6 Å². The second kappa shape index (κ2) is 6.93. The van der Waals surface area contributed by atoms with Gasteiger partial charge in [0.15, 0.2) is 0 Å². The minimum absolute atomic E-state index is 0.340. The molecule has 1 aromatic heterocycles. The summed E-state index contributed by atoms with van der Waals surface area (Å²) in [5.74, 6) is 0.358. The first kappa shape index (κ1) is 16.3. The summed E-state index contributed by atoms with van der Waals surface area (Å²) in [4.78, 5) is 24.1. The Morgan fingerprint density at radius 2 is 2.00 bits per heavy atom. The van der Waals surface area contributed by atoms with Gasteiger partial charge in [-0.3, -0.25) is 0 Å². The number of esters is 1. The summed E-state index contributed by atoms with van der Waals surface area (Å²) in [6.07, 6.45) is 0. The van der Waals surface area contributed by atoms with Crippen LogP contribution in [0.3, 0.4) is 0 Å². The lowest BCUT2D eigenvalue weighted by Crippen LogP contribution is -2.01. The quantitative estimate of drug-likeness (QED) is 0.405. The molecule has 3 aromatic rings. The highest BCUT2D eigenvalue weighted by Crippen LogP contribution is 2.27. The molecule has 0 saturated carbocycles. The number of fused-ring (bicyclic) bond motifs is 1. The van der Waals surface area contributed by atoms with Crippen LogP contribution in [0.2, 0.25) is 0 Å². The number of carbonyl (C=O) groups excluding carboxylic acids is 1. The summed E-state index contributed by atoms with van der Waals surface area (Å²) in [5.41, 5.74) is 2.72. The second-order valence-corrected chi connectivity index (χ2v) is 6.44. The van der Waals surface area contributed by atoms with Gasteiger partial charge in [-0.2, -0.15) is 0 Å². The first-order valence-corrected chi connectivity index (χ1v) is 8.40. The maximum Gasteiger partial charge on any atom is 0.337 e. The van der Waals surface area contributed by atoms with Crippen LogP contribution >= 0.6 is 11.8 Å². The molecule has 0 fully saturated rings. The Morgan fingerprint density at radius 1 is 1.17 bits per heavy atom. The fraction of sp³-hybridized carbons (Fsp3) is 0.158. The van der Waals surface area contributed by atoms with Gasteiger partial charge in [-0.15, -0.1) is 11.8 Å². The summed E-state index contributed by atoms with van der Waals surface area (Å²) in [7, 11) is 1.37. The molecule has 0 aliphatic carbocycles. The molecule has 0 atom stereocenters. The van der Waals surface area contributed by atoms with Gasteiger partial charge >= 0.3 is 11.6 Å². The highest BCUT2D eigenvalue weighted by Gasteiger charge is 2.07. The van der Waals surface area contributed by atoms with Gasteiger partial charge < -0.3 is 9.15 Å². The Kier molecular flexibility index (Phi) is 4.71. The maximum atomic E-state index is 11.6. The van der Waals surface area contributed by atoms with E-state index < -0.39 is 0 Å². The summed E-state index contributed by atoms with van der Waals surface area (Å²) in [6, 6.07) is 14.7. The van der Waals surface area contributed by atoms with Gasteiger partial charge in [0.05, 0.1) is 12.7 Å². The molecule has 0 aliphatic heterocycles. The first-order valence-electron chi connectivity index (χ1n) is 7.41. The largest absolute Gasteiger partial charge is 0.465 e. The third-order valence-electron chi connectivity index (χ3n) is 3.68. The van der Waals surface area contributed by atoms with E-state index in [1.807, 2.05) is 43.3 Å². The van der Waals surface area contributed by atoms with Crippen LogP contribution in [0.5, 0.6) is 0 Å². The molecule has 4 nitrogen and oxygen atoms in total. The van der Waals surface area contributed by atoms with E-state index in [0.717, 1.165) is 21.4 Å². The van der Waals surface area contributed by atoms with Crippen molar-refractivity contribution in [1.29, 1.82) is 0 Å². The fourth-order valence-electron chi connectivity index (χ4n) is 2.47. The number of rotatable bonds is 4. The predicted molar refractivity (Wildman–Crippen MR) is 94.6 cm³/mol. The maximum absolute atomic E-state index is 11.6. The average Bonchev–Trinajstić information content (AvgIpc) is 2.59. The lowest BCUT2D eigenvalue weighted by Gasteiger charge is -2.06. The average molecular weight is 340 g/mol. The standard InChI is InChI=1S/C19H16O4S/c1-12-8-18(20)23-17-10-15(6-7-16(12)17)24-11-13-4-3-5-14(9-13)19(21)22-2/h3-10H,11H2,1-2H3. The highest BCUT2D eigenvalue weighted by molar-refractivity contribution is 7.98. The van der Waals surface area contributed by atoms with Crippen molar-refractivity contribution in [2.75, 3.05) is 7.11 Å². The molecular weight excluding hydrogens is 324 g/mol. The number of aryl methyl sites for hydroxylation is 1. The molecule has 5 heteroatoms. The minimum Gasteiger partial charge on any atom is -0.465 e. The van der Waals surface area contributed by atoms with Crippen LogP contribution in [-0.2, 0) is 10.5 Å². The van der Waals surface area contributed by atoms with Crippen LogP contribution in [0.4, 0.5) is 0 Å². The highest BCUT2D eigenvalue weighted by atomic mass is 32.2. The van der Waals surface area contributed by atoms with Crippen LogP contribution < -0.4 is 5.63 Å². The molecule has 0 amide bonds. The molecule has 24 heavy (non-hydrogen) atoms. The summed E-state index contributed by atoms with van der Waals surface area (Å²) in [5, 5.41) is 0.937. The van der Waals surface area contributed by atoms with Crippen LogP contribution in [0, 0.1) is 6.92 Å². The molecule has 0 bridgehead atoms. The van der Waals surface area contributed by atoms with E-state index in [0.29, 0.717) is 16.9 Å². The number of thioether (sulfide) groups is 1.